The molecule has 1 aromatic heterocycles. The fourth-order valence-corrected chi connectivity index (χ4v) is 4.47. The molecular formula is C24H27ClN2O3. The summed E-state index contributed by atoms with van der Waals surface area (Å²) in [5.41, 5.74) is 3.39. The number of benzene rings is 2. The molecule has 0 saturated carbocycles. The lowest BCUT2D eigenvalue weighted by molar-refractivity contribution is 0.215. The predicted octanol–water partition coefficient (Wildman–Crippen LogP) is 5.16. The Labute approximate surface area is 182 Å². The van der Waals surface area contributed by atoms with Crippen molar-refractivity contribution in [2.75, 3.05) is 27.9 Å². The van der Waals surface area contributed by atoms with E-state index in [9.17, 15) is 0 Å². The van der Waals surface area contributed by atoms with Gasteiger partial charge in [-0.05, 0) is 36.2 Å². The Morgan fingerprint density at radius 2 is 1.63 bits per heavy atom. The van der Waals surface area contributed by atoms with Gasteiger partial charge < -0.3 is 18.8 Å². The van der Waals surface area contributed by atoms with Gasteiger partial charge in [0.15, 0.2) is 11.5 Å². The van der Waals surface area contributed by atoms with Crippen molar-refractivity contribution in [1.82, 2.24) is 9.47 Å². The number of methoxy groups -OCH3 is 3. The van der Waals surface area contributed by atoms with E-state index in [4.69, 9.17) is 25.8 Å². The second kappa shape index (κ2) is 9.02. The van der Waals surface area contributed by atoms with E-state index in [2.05, 4.69) is 33.9 Å². The minimum atomic E-state index is -0.00599. The molecule has 4 rings (SSSR count). The van der Waals surface area contributed by atoms with Crippen LogP contribution in [0.5, 0.6) is 17.2 Å². The van der Waals surface area contributed by atoms with Gasteiger partial charge in [-0.25, -0.2) is 0 Å². The molecule has 2 aromatic carbocycles. The molecule has 1 atom stereocenters. The van der Waals surface area contributed by atoms with Crippen LogP contribution in [0.15, 0.2) is 54.7 Å². The minimum absolute atomic E-state index is 0.00599. The maximum atomic E-state index is 6.51. The topological polar surface area (TPSA) is 35.9 Å². The number of aromatic nitrogens is 1. The third kappa shape index (κ3) is 3.87. The van der Waals surface area contributed by atoms with Gasteiger partial charge in [0, 0.05) is 48.2 Å². The zero-order chi connectivity index (χ0) is 21.1. The molecular weight excluding hydrogens is 400 g/mol. The Bertz CT molecular complexity index is 1020. The molecule has 1 aliphatic heterocycles. The lowest BCUT2D eigenvalue weighted by Crippen LogP contribution is -2.30. The van der Waals surface area contributed by atoms with E-state index in [1.54, 1.807) is 21.3 Å². The van der Waals surface area contributed by atoms with Crippen molar-refractivity contribution in [1.29, 1.82) is 0 Å². The molecule has 158 valence electrons. The van der Waals surface area contributed by atoms with Gasteiger partial charge in [-0.2, -0.15) is 0 Å². The van der Waals surface area contributed by atoms with E-state index in [-0.39, 0.29) is 6.04 Å². The molecule has 0 fully saturated rings. The van der Waals surface area contributed by atoms with E-state index in [1.807, 2.05) is 30.3 Å². The molecule has 0 unspecified atom stereocenters. The number of rotatable bonds is 6. The molecule has 6 heteroatoms. The Balaban J connectivity index is 1.85. The van der Waals surface area contributed by atoms with Crippen molar-refractivity contribution >= 4 is 11.6 Å². The Morgan fingerprint density at radius 3 is 2.37 bits per heavy atom. The van der Waals surface area contributed by atoms with Crippen molar-refractivity contribution in [3.05, 3.63) is 76.6 Å². The predicted molar refractivity (Wildman–Crippen MR) is 119 cm³/mol. The first-order valence-electron chi connectivity index (χ1n) is 10.1. The normalized spacial score (nSPS) is 16.6. The molecule has 3 aromatic rings. The summed E-state index contributed by atoms with van der Waals surface area (Å²) >= 11 is 6.51. The Hall–Kier alpha value is -2.63. The Kier molecular flexibility index (Phi) is 6.21. The number of hydrogen-bond acceptors (Lipinski definition) is 4. The van der Waals surface area contributed by atoms with Crippen molar-refractivity contribution in [2.45, 2.75) is 25.6 Å². The van der Waals surface area contributed by atoms with Gasteiger partial charge in [0.1, 0.15) is 5.75 Å². The molecule has 2 heterocycles. The van der Waals surface area contributed by atoms with E-state index >= 15 is 0 Å². The van der Waals surface area contributed by atoms with Crippen LogP contribution in [0, 0.1) is 0 Å². The van der Waals surface area contributed by atoms with Crippen LogP contribution >= 0.6 is 11.6 Å². The second-order valence-electron chi connectivity index (χ2n) is 7.39. The highest BCUT2D eigenvalue weighted by atomic mass is 35.5. The summed E-state index contributed by atoms with van der Waals surface area (Å²) in [7, 11) is 4.99. The minimum Gasteiger partial charge on any atom is -0.496 e. The van der Waals surface area contributed by atoms with Gasteiger partial charge in [0.2, 0.25) is 0 Å². The zero-order valence-electron chi connectivity index (χ0n) is 17.6. The second-order valence-corrected chi connectivity index (χ2v) is 7.80. The molecule has 0 aliphatic carbocycles. The van der Waals surface area contributed by atoms with Crippen LogP contribution in [0.3, 0.4) is 0 Å². The maximum absolute atomic E-state index is 6.51. The van der Waals surface area contributed by atoms with Gasteiger partial charge in [-0.3, -0.25) is 4.90 Å². The van der Waals surface area contributed by atoms with Crippen LogP contribution < -0.4 is 14.2 Å². The number of halogens is 1. The highest BCUT2D eigenvalue weighted by Gasteiger charge is 2.31. The standard InChI is InChI=1S/C24H27ClN2O3/c1-28-21-15-23(30-3)22(29-2)14-18(21)24-20-10-6-11-26(20)12-7-13-27(24)16-17-8-4-5-9-19(17)25/h4-6,8-11,14-15,24H,7,12-13,16H2,1-3H3/t24-/m1/s1. The number of hydrogen-bond donors (Lipinski definition) is 0. The van der Waals surface area contributed by atoms with Gasteiger partial charge >= 0.3 is 0 Å². The van der Waals surface area contributed by atoms with E-state index in [0.717, 1.165) is 48.0 Å². The number of nitrogens with zero attached hydrogens (tertiary/aromatic N) is 2. The molecule has 0 bridgehead atoms. The quantitative estimate of drug-likeness (QED) is 0.545. The fourth-order valence-electron chi connectivity index (χ4n) is 4.28. The fraction of sp³-hybridized carbons (Fsp3) is 0.333. The molecule has 5 nitrogen and oxygen atoms in total. The van der Waals surface area contributed by atoms with E-state index in [1.165, 1.54) is 5.69 Å². The third-order valence-corrected chi connectivity index (χ3v) is 6.08. The van der Waals surface area contributed by atoms with Crippen molar-refractivity contribution in [3.8, 4) is 17.2 Å². The molecule has 0 amide bonds. The molecule has 0 N–H and O–H groups in total. The molecule has 0 spiro atoms. The van der Waals surface area contributed by atoms with Gasteiger partial charge in [-0.1, -0.05) is 29.8 Å². The maximum Gasteiger partial charge on any atom is 0.164 e. The van der Waals surface area contributed by atoms with Crippen LogP contribution in [0.25, 0.3) is 0 Å². The lowest BCUT2D eigenvalue weighted by Gasteiger charge is -2.32. The average Bonchev–Trinajstić information content (AvgIpc) is 3.16. The van der Waals surface area contributed by atoms with Gasteiger partial charge in [0.05, 0.1) is 27.4 Å². The van der Waals surface area contributed by atoms with Gasteiger partial charge in [-0.15, -0.1) is 0 Å². The zero-order valence-corrected chi connectivity index (χ0v) is 18.4. The first kappa shape index (κ1) is 20.6. The number of fused-ring (bicyclic) bond motifs is 1. The molecule has 0 saturated heterocycles. The monoisotopic (exact) mass is 426 g/mol. The SMILES string of the molecule is COc1cc(OC)c([C@@H]2c3cccn3CCCN2Cc2ccccc2Cl)cc1OC. The van der Waals surface area contributed by atoms with Crippen LogP contribution in [0.4, 0.5) is 0 Å². The third-order valence-electron chi connectivity index (χ3n) is 5.72. The van der Waals surface area contributed by atoms with Crippen LogP contribution in [0.1, 0.15) is 29.3 Å². The van der Waals surface area contributed by atoms with Crippen molar-refractivity contribution < 1.29 is 14.2 Å². The summed E-state index contributed by atoms with van der Waals surface area (Å²) in [5, 5.41) is 0.787. The number of aryl methyl sites for hydroxylation is 1. The van der Waals surface area contributed by atoms with Crippen LogP contribution in [-0.2, 0) is 13.1 Å². The smallest absolute Gasteiger partial charge is 0.164 e. The van der Waals surface area contributed by atoms with Gasteiger partial charge in [0.25, 0.3) is 0 Å². The summed E-state index contributed by atoms with van der Waals surface area (Å²) in [5.74, 6) is 2.12. The lowest BCUT2D eigenvalue weighted by atomic mass is 9.99. The first-order valence-corrected chi connectivity index (χ1v) is 10.5. The summed E-state index contributed by atoms with van der Waals surface area (Å²) < 4.78 is 19.2. The highest BCUT2D eigenvalue weighted by molar-refractivity contribution is 6.31. The van der Waals surface area contributed by atoms with Crippen LogP contribution in [-0.4, -0.2) is 37.3 Å². The summed E-state index contributed by atoms with van der Waals surface area (Å²) in [6, 6.07) is 16.3. The molecule has 30 heavy (non-hydrogen) atoms. The largest absolute Gasteiger partial charge is 0.496 e. The molecule has 0 radical (unpaired) electrons. The summed E-state index contributed by atoms with van der Waals surface area (Å²) in [4.78, 5) is 2.46. The summed E-state index contributed by atoms with van der Waals surface area (Å²) in [6.07, 6.45) is 3.20. The van der Waals surface area contributed by atoms with Crippen LogP contribution in [0.2, 0.25) is 5.02 Å². The van der Waals surface area contributed by atoms with Crippen molar-refractivity contribution in [2.24, 2.45) is 0 Å². The first-order chi connectivity index (χ1) is 14.7. The highest BCUT2D eigenvalue weighted by Crippen LogP contribution is 2.43. The van der Waals surface area contributed by atoms with E-state index in [0.29, 0.717) is 11.5 Å². The Morgan fingerprint density at radius 1 is 0.900 bits per heavy atom. The average molecular weight is 427 g/mol. The van der Waals surface area contributed by atoms with E-state index < -0.39 is 0 Å². The summed E-state index contributed by atoms with van der Waals surface area (Å²) in [6.45, 7) is 2.66. The van der Waals surface area contributed by atoms with Crippen molar-refractivity contribution in [3.63, 3.8) is 0 Å². The number of ether oxygens (including phenoxy) is 3. The molecule has 1 aliphatic rings.